The van der Waals surface area contributed by atoms with Crippen molar-refractivity contribution in [1.29, 1.82) is 5.26 Å². The molecular formula is C75H84BF3I2N13NaO18P3Y3. The molecule has 0 bridgehead atoms. The normalized spacial score (nSPS) is 15.4. The Morgan fingerprint density at radius 1 is 0.555 bits per heavy atom. The zero-order valence-electron chi connectivity index (χ0n) is 66.0. The van der Waals surface area contributed by atoms with Gasteiger partial charge in [0, 0.05) is 200 Å². The zero-order valence-corrected chi connectivity index (χ0v) is 83.8. The van der Waals surface area contributed by atoms with E-state index in [1.807, 2.05) is 55.0 Å². The average molecular weight is 2160 g/mol. The Hall–Kier alpha value is -4.87. The molecule has 3 aliphatic rings. The topological polar surface area (TPSA) is 403 Å². The van der Waals surface area contributed by atoms with Gasteiger partial charge in [-0.25, -0.2) is 37.7 Å². The number of aromatic nitrogens is 6. The maximum Gasteiger partial charge on any atom is 1.00 e. The first kappa shape index (κ1) is 110. The van der Waals surface area contributed by atoms with Gasteiger partial charge in [0.1, 0.15) is 41.2 Å². The van der Waals surface area contributed by atoms with Crippen LogP contribution in [-0.2, 0) is 172 Å². The molecule has 6 atom stereocenters. The minimum absolute atomic E-state index is 0. The van der Waals surface area contributed by atoms with Crippen LogP contribution in [0.2, 0.25) is 0 Å². The first-order chi connectivity index (χ1) is 54.5. The second-order valence-electron chi connectivity index (χ2n) is 25.5. The maximum absolute atomic E-state index is 13.6. The van der Waals surface area contributed by atoms with E-state index < -0.39 is 123 Å². The molecule has 3 amide bonds. The molecule has 6 unspecified atom stereocenters. The summed E-state index contributed by atoms with van der Waals surface area (Å²) in [5, 5.41) is 27.6. The Labute approximate surface area is 813 Å². The minimum atomic E-state index is -1.73. The van der Waals surface area contributed by atoms with Gasteiger partial charge < -0.3 is 80.4 Å². The number of morpholine rings is 3. The Bertz CT molecular complexity index is 5040. The number of carbonyl (C=O) groups excluding carboxylic acids is 6. The number of nitrogens with one attached hydrogen (secondary N) is 4. The van der Waals surface area contributed by atoms with Crippen LogP contribution in [0.25, 0.3) is 0 Å². The first-order valence-corrected chi connectivity index (χ1v) is 43.7. The van der Waals surface area contributed by atoms with Gasteiger partial charge in [-0.1, -0.05) is 60.7 Å². The molecule has 6 heterocycles. The molecule has 119 heavy (non-hydrogen) atoms. The number of aldehydes is 1. The van der Waals surface area contributed by atoms with Crippen LogP contribution in [0.1, 0.15) is 104 Å². The molecule has 3 aliphatic heterocycles. The van der Waals surface area contributed by atoms with Gasteiger partial charge in [0.15, 0.2) is 17.1 Å². The van der Waals surface area contributed by atoms with Crippen LogP contribution in [-0.4, -0.2) is 199 Å². The van der Waals surface area contributed by atoms with Crippen LogP contribution in [0.15, 0.2) is 136 Å². The number of esters is 2. The third-order valence-corrected chi connectivity index (χ3v) is 21.9. The summed E-state index contributed by atoms with van der Waals surface area (Å²) in [7, 11) is -0.449. The average Bonchev–Trinajstić information content (AvgIpc) is 0.794. The molecule has 8 aromatic rings. The number of ether oxygens (including phenoxy) is 5. The van der Waals surface area contributed by atoms with Crippen LogP contribution in [0.5, 0.6) is 17.2 Å². The van der Waals surface area contributed by atoms with E-state index in [2.05, 4.69) is 36.2 Å². The molecular weight excluding hydrogens is 2080 g/mol. The fourth-order valence-electron chi connectivity index (χ4n) is 11.3. The fourth-order valence-corrected chi connectivity index (χ4v) is 13.9. The van der Waals surface area contributed by atoms with E-state index in [1.54, 1.807) is 68.5 Å². The number of carbonyl (C=O) groups is 6. The first-order valence-electron chi connectivity index (χ1n) is 35.2. The molecule has 6 radical (unpaired) electrons. The SMILES string of the molecule is C[PH](=O)CC=O.Cn1c(C2COCCN2)nc(C(=O)NCc2ccc(F)cc2)c(OC(=O)c2ccccc2I)c1=O.Cn1c(C2COCCN2CC[PH](C)=O)nc(C(=O)NCc2ccc(F)cc2)c(O)c1=O.Cn1c(C2COCCN2CC[PH](C)=O)nc(C(=O)NCc2ccc(F)cc2)c(OC(=O)c2ccccc2I)c1=O.[B].[C-]#N.[Na+].[Y].[Y].[Y]. The molecule has 11 rings (SSSR count). The van der Waals surface area contributed by atoms with Gasteiger partial charge in [0.2, 0.25) is 17.2 Å². The molecule has 3 fully saturated rings. The van der Waals surface area contributed by atoms with Crippen LogP contribution >= 0.6 is 68.6 Å². The van der Waals surface area contributed by atoms with Gasteiger partial charge in [-0.3, -0.25) is 52.3 Å². The zero-order chi connectivity index (χ0) is 83.3. The van der Waals surface area contributed by atoms with Crippen molar-refractivity contribution < 1.29 is 212 Å². The predicted octanol–water partition coefficient (Wildman–Crippen LogP) is 3.77. The second kappa shape index (κ2) is 56.2. The monoisotopic (exact) mass is 2160 g/mol. The van der Waals surface area contributed by atoms with Crippen molar-refractivity contribution in [3.63, 3.8) is 0 Å². The number of benzene rings is 5. The third kappa shape index (κ3) is 33.2. The summed E-state index contributed by atoms with van der Waals surface area (Å²) >= 11 is 3.97. The molecule has 0 spiro atoms. The van der Waals surface area contributed by atoms with Crippen molar-refractivity contribution in [3.05, 3.63) is 246 Å². The van der Waals surface area contributed by atoms with Gasteiger partial charge in [-0.05, 0) is 143 Å². The third-order valence-electron chi connectivity index (χ3n) is 17.4. The summed E-state index contributed by atoms with van der Waals surface area (Å²) in [5.74, 6) is -5.88. The van der Waals surface area contributed by atoms with Crippen LogP contribution < -0.4 is 77.0 Å². The number of nitrogens with zero attached hydrogens (tertiary/aromatic N) is 9. The van der Waals surface area contributed by atoms with Gasteiger partial charge in [-0.2, -0.15) is 0 Å². The van der Waals surface area contributed by atoms with E-state index in [4.69, 9.17) is 35.5 Å². The molecule has 3 aromatic heterocycles. The van der Waals surface area contributed by atoms with E-state index in [0.717, 1.165) is 0 Å². The number of rotatable bonds is 24. The number of hydrogen-bond donors (Lipinski definition) is 5. The maximum atomic E-state index is 13.6. The van der Waals surface area contributed by atoms with Crippen LogP contribution in [0.4, 0.5) is 13.2 Å². The van der Waals surface area contributed by atoms with Gasteiger partial charge in [-0.15, -0.1) is 0 Å². The summed E-state index contributed by atoms with van der Waals surface area (Å²) < 4.78 is 106. The van der Waals surface area contributed by atoms with Crippen molar-refractivity contribution in [2.45, 2.75) is 37.8 Å². The van der Waals surface area contributed by atoms with Crippen molar-refractivity contribution in [2.24, 2.45) is 21.1 Å². The fraction of sp³-hybridized carbons (Fsp3) is 0.347. The second-order valence-corrected chi connectivity index (χ2v) is 33.5. The van der Waals surface area contributed by atoms with Crippen molar-refractivity contribution >= 4 is 113 Å². The van der Waals surface area contributed by atoms with Crippen molar-refractivity contribution in [3.8, 4) is 17.2 Å². The molecule has 620 valence electrons. The van der Waals surface area contributed by atoms with Crippen LogP contribution in [0.3, 0.4) is 0 Å². The number of amides is 3. The molecule has 5 aromatic carbocycles. The number of hydrogen-bond acceptors (Lipinski definition) is 25. The minimum Gasteiger partial charge on any atom is -0.512 e. The standard InChI is InChI=1S/C27H29FIN4O6P.C24H22FIN4O5.C20H26FN4O5P.C3H7O2P.CN.B.Na.3Y/c1-32-24(21-16-38-13-11-33(21)12-14-40(2)37)31-22(25(34)30-15-17-7-9-18(28)10-8-17)23(26(32)35)39-27(36)19-5-3-4-6-20(19)29;1-30-21(18-13-34-11-10-27-18)29-19(22(31)28-12-14-6-8-15(25)9-7-14)20(23(30)32)35-24(33)16-4-2-3-5-17(16)26;1-24-18(15-12-30-9-7-25(15)8-10-31(2)29)23-16(17(26)20(24)28)19(27)22-11-13-3-5-14(21)6-4-13;1-6(5)3-2-4;1-2;;;;;/h3-10,21,40H,11-16H2,1-2H3,(H,30,34);2-9,18,27H,10-13H2,1H3,(H,28,31);3-6,15,26,31H,7-12H2,1-2H3,(H,22,27);2,6H,3H2,1H3;;;;;;/q;;;;-1;;+1;;;. The molecule has 0 aliphatic carbocycles. The molecule has 44 heteroatoms. The smallest absolute Gasteiger partial charge is 0.512 e. The van der Waals surface area contributed by atoms with E-state index in [0.29, 0.717) is 95.0 Å². The molecule has 5 N–H and O–H groups in total. The Kier molecular flexibility index (Phi) is 52.0. The van der Waals surface area contributed by atoms with E-state index in [1.165, 1.54) is 108 Å². The Morgan fingerprint density at radius 2 is 0.899 bits per heavy atom. The molecule has 3 saturated heterocycles. The number of aromatic hydroxyl groups is 1. The van der Waals surface area contributed by atoms with E-state index in [9.17, 15) is 75.1 Å². The predicted molar refractivity (Wildman–Crippen MR) is 439 cm³/mol. The van der Waals surface area contributed by atoms with Gasteiger partial charge in [0.25, 0.3) is 34.4 Å². The summed E-state index contributed by atoms with van der Waals surface area (Å²) in [6.07, 6.45) is 1.94. The van der Waals surface area contributed by atoms with Crippen molar-refractivity contribution in [1.82, 2.24) is 59.7 Å². The summed E-state index contributed by atoms with van der Waals surface area (Å²) in [5.41, 5.74) is -0.805. The van der Waals surface area contributed by atoms with Crippen LogP contribution in [0, 0.1) is 36.4 Å². The summed E-state index contributed by atoms with van der Waals surface area (Å²) in [6.45, 7) is 14.8. The number of halogens is 5. The largest absolute Gasteiger partial charge is 1.00 e. The quantitative estimate of drug-likeness (QED) is 0.0143. The Balaban J connectivity index is 0.000000570. The summed E-state index contributed by atoms with van der Waals surface area (Å²) in [6, 6.07) is 28.9. The van der Waals surface area contributed by atoms with Crippen molar-refractivity contribution in [2.75, 3.05) is 111 Å². The van der Waals surface area contributed by atoms with E-state index >= 15 is 0 Å². The molecule has 31 nitrogen and oxygen atoms in total. The molecule has 0 saturated carbocycles. The van der Waals surface area contributed by atoms with Gasteiger partial charge >= 0.3 is 41.5 Å². The summed E-state index contributed by atoms with van der Waals surface area (Å²) in [4.78, 5) is 131. The Morgan fingerprint density at radius 3 is 1.24 bits per heavy atom. The van der Waals surface area contributed by atoms with Gasteiger partial charge in [0.05, 0.1) is 98.5 Å². The van der Waals surface area contributed by atoms with E-state index in [-0.39, 0.29) is 227 Å².